The highest BCUT2D eigenvalue weighted by Gasteiger charge is 2.25. The van der Waals surface area contributed by atoms with E-state index in [4.69, 9.17) is 0 Å². The Kier molecular flexibility index (Phi) is 2.44. The maximum Gasteiger partial charge on any atom is 0.327 e. The molecule has 0 saturated heterocycles. The van der Waals surface area contributed by atoms with Crippen molar-refractivity contribution in [2.24, 2.45) is 5.73 Å². The fourth-order valence-corrected chi connectivity index (χ4v) is 0.950. The SMILES string of the molecule is NC(F)(F)c1ccc(Br)c(F)c1. The zero-order valence-electron chi connectivity index (χ0n) is 5.82. The Balaban J connectivity index is 3.14. The number of nitrogens with two attached hydrogens (primary N) is 1. The van der Waals surface area contributed by atoms with Gasteiger partial charge in [0.2, 0.25) is 0 Å². The number of benzene rings is 1. The van der Waals surface area contributed by atoms with E-state index in [1.54, 1.807) is 0 Å². The van der Waals surface area contributed by atoms with Crippen LogP contribution in [0.4, 0.5) is 13.2 Å². The second-order valence-corrected chi connectivity index (χ2v) is 3.11. The van der Waals surface area contributed by atoms with E-state index in [1.165, 1.54) is 6.07 Å². The van der Waals surface area contributed by atoms with Gasteiger partial charge >= 0.3 is 6.05 Å². The Labute approximate surface area is 75.5 Å². The summed E-state index contributed by atoms with van der Waals surface area (Å²) in [6.07, 6.45) is 0. The highest BCUT2D eigenvalue weighted by atomic mass is 79.9. The first-order chi connectivity index (χ1) is 5.41. The van der Waals surface area contributed by atoms with Crippen molar-refractivity contribution in [1.29, 1.82) is 0 Å². The Morgan fingerprint density at radius 2 is 1.92 bits per heavy atom. The van der Waals surface area contributed by atoms with Gasteiger partial charge < -0.3 is 0 Å². The molecule has 0 amide bonds. The monoisotopic (exact) mass is 239 g/mol. The largest absolute Gasteiger partial charge is 0.327 e. The van der Waals surface area contributed by atoms with Crippen LogP contribution < -0.4 is 5.73 Å². The van der Waals surface area contributed by atoms with Gasteiger partial charge in [-0.25, -0.2) is 4.39 Å². The summed E-state index contributed by atoms with van der Waals surface area (Å²) in [6.45, 7) is 0. The van der Waals surface area contributed by atoms with Gasteiger partial charge in [-0.1, -0.05) is 6.07 Å². The quantitative estimate of drug-likeness (QED) is 0.750. The van der Waals surface area contributed by atoms with Crippen molar-refractivity contribution in [2.45, 2.75) is 6.05 Å². The summed E-state index contributed by atoms with van der Waals surface area (Å²) < 4.78 is 37.5. The number of alkyl halides is 2. The van der Waals surface area contributed by atoms with Crippen LogP contribution in [0, 0.1) is 5.82 Å². The zero-order valence-corrected chi connectivity index (χ0v) is 7.41. The Morgan fingerprint density at radius 3 is 2.33 bits per heavy atom. The molecule has 0 fully saturated rings. The Morgan fingerprint density at radius 1 is 1.33 bits per heavy atom. The summed E-state index contributed by atoms with van der Waals surface area (Å²) in [5, 5.41) is 0. The molecule has 0 unspecified atom stereocenters. The van der Waals surface area contributed by atoms with Crippen LogP contribution in [0.3, 0.4) is 0 Å². The summed E-state index contributed by atoms with van der Waals surface area (Å²) >= 11 is 2.84. The van der Waals surface area contributed by atoms with Crippen LogP contribution in [0.2, 0.25) is 0 Å². The lowest BCUT2D eigenvalue weighted by atomic mass is 10.2. The standard InChI is InChI=1S/C7H5BrF3N/c8-5-2-1-4(3-6(5)9)7(10,11)12/h1-3H,12H2. The molecule has 2 N–H and O–H groups in total. The van der Waals surface area contributed by atoms with E-state index >= 15 is 0 Å². The minimum absolute atomic E-state index is 0.135. The lowest BCUT2D eigenvalue weighted by molar-refractivity contribution is 0.00266. The molecular weight excluding hydrogens is 235 g/mol. The van der Waals surface area contributed by atoms with Gasteiger partial charge in [0.15, 0.2) is 0 Å². The molecule has 0 radical (unpaired) electrons. The van der Waals surface area contributed by atoms with E-state index in [0.717, 1.165) is 6.07 Å². The fourth-order valence-electron chi connectivity index (χ4n) is 0.703. The topological polar surface area (TPSA) is 26.0 Å². The van der Waals surface area contributed by atoms with Gasteiger partial charge in [0.25, 0.3) is 0 Å². The van der Waals surface area contributed by atoms with Crippen molar-refractivity contribution < 1.29 is 13.2 Å². The summed E-state index contributed by atoms with van der Waals surface area (Å²) in [4.78, 5) is 0. The number of hydrogen-bond acceptors (Lipinski definition) is 1. The number of halogens is 4. The molecule has 0 saturated carbocycles. The van der Waals surface area contributed by atoms with E-state index in [1.807, 2.05) is 0 Å². The first kappa shape index (κ1) is 9.54. The van der Waals surface area contributed by atoms with Crippen molar-refractivity contribution >= 4 is 15.9 Å². The average Bonchev–Trinajstić information content (AvgIpc) is 1.92. The van der Waals surface area contributed by atoms with Crippen LogP contribution in [0.25, 0.3) is 0 Å². The van der Waals surface area contributed by atoms with Gasteiger partial charge in [-0.3, -0.25) is 5.73 Å². The molecule has 1 nitrogen and oxygen atoms in total. The van der Waals surface area contributed by atoms with E-state index in [0.29, 0.717) is 6.07 Å². The van der Waals surface area contributed by atoms with Crippen molar-refractivity contribution in [2.75, 3.05) is 0 Å². The molecule has 1 aromatic carbocycles. The Bertz CT molecular complexity index is 295. The summed E-state index contributed by atoms with van der Waals surface area (Å²) in [6, 6.07) is -0.537. The molecule has 5 heteroatoms. The van der Waals surface area contributed by atoms with Gasteiger partial charge in [0.1, 0.15) is 5.82 Å². The van der Waals surface area contributed by atoms with Gasteiger partial charge in [0.05, 0.1) is 4.47 Å². The van der Waals surface area contributed by atoms with Gasteiger partial charge in [0, 0.05) is 5.56 Å². The van der Waals surface area contributed by atoms with Crippen molar-refractivity contribution in [3.05, 3.63) is 34.1 Å². The minimum atomic E-state index is -3.48. The summed E-state index contributed by atoms with van der Waals surface area (Å²) in [5.74, 6) is -0.752. The van der Waals surface area contributed by atoms with E-state index in [2.05, 4.69) is 21.7 Å². The van der Waals surface area contributed by atoms with Crippen molar-refractivity contribution in [3.8, 4) is 0 Å². The average molecular weight is 240 g/mol. The molecular formula is C7H5BrF3N. The first-order valence-corrected chi connectivity index (χ1v) is 3.83. The third-order valence-electron chi connectivity index (χ3n) is 1.30. The third kappa shape index (κ3) is 1.98. The lowest BCUT2D eigenvalue weighted by Gasteiger charge is -2.09. The summed E-state index contributed by atoms with van der Waals surface area (Å²) in [7, 11) is 0. The van der Waals surface area contributed by atoms with Crippen LogP contribution in [0.15, 0.2) is 22.7 Å². The molecule has 0 spiro atoms. The maximum atomic E-state index is 12.7. The molecule has 0 bridgehead atoms. The molecule has 1 aromatic rings. The van der Waals surface area contributed by atoms with Crippen LogP contribution in [0.1, 0.15) is 5.56 Å². The van der Waals surface area contributed by atoms with Gasteiger partial charge in [-0.15, -0.1) is 0 Å². The highest BCUT2D eigenvalue weighted by molar-refractivity contribution is 9.10. The highest BCUT2D eigenvalue weighted by Crippen LogP contribution is 2.25. The lowest BCUT2D eigenvalue weighted by Crippen LogP contribution is -2.25. The normalized spacial score (nSPS) is 11.8. The second-order valence-electron chi connectivity index (χ2n) is 2.25. The summed E-state index contributed by atoms with van der Waals surface area (Å²) in [5.41, 5.74) is 3.92. The van der Waals surface area contributed by atoms with Crippen LogP contribution in [0.5, 0.6) is 0 Å². The van der Waals surface area contributed by atoms with Crippen LogP contribution in [-0.2, 0) is 6.05 Å². The molecule has 0 heterocycles. The molecule has 0 atom stereocenters. The van der Waals surface area contributed by atoms with Crippen LogP contribution in [-0.4, -0.2) is 0 Å². The zero-order chi connectivity index (χ0) is 9.35. The molecule has 66 valence electrons. The minimum Gasteiger partial charge on any atom is -0.268 e. The molecule has 0 aliphatic rings. The number of hydrogen-bond donors (Lipinski definition) is 1. The van der Waals surface area contributed by atoms with E-state index < -0.39 is 17.4 Å². The van der Waals surface area contributed by atoms with Crippen molar-refractivity contribution in [3.63, 3.8) is 0 Å². The molecule has 0 aliphatic carbocycles. The second kappa shape index (κ2) is 3.06. The molecule has 0 aliphatic heterocycles. The predicted octanol–water partition coefficient (Wildman–Crippen LogP) is 2.60. The van der Waals surface area contributed by atoms with Gasteiger partial charge in [-0.2, -0.15) is 8.78 Å². The van der Waals surface area contributed by atoms with E-state index in [-0.39, 0.29) is 4.47 Å². The third-order valence-corrected chi connectivity index (χ3v) is 1.95. The maximum absolute atomic E-state index is 12.7. The smallest absolute Gasteiger partial charge is 0.268 e. The fraction of sp³-hybridized carbons (Fsp3) is 0.143. The molecule has 1 rings (SSSR count). The molecule has 0 aromatic heterocycles. The van der Waals surface area contributed by atoms with E-state index in [9.17, 15) is 13.2 Å². The van der Waals surface area contributed by atoms with Gasteiger partial charge in [-0.05, 0) is 28.1 Å². The van der Waals surface area contributed by atoms with Crippen molar-refractivity contribution in [1.82, 2.24) is 0 Å². The molecule has 12 heavy (non-hydrogen) atoms. The predicted molar refractivity (Wildman–Crippen MR) is 42.2 cm³/mol. The first-order valence-electron chi connectivity index (χ1n) is 3.03. The Hall–Kier alpha value is -0.550. The number of rotatable bonds is 1. The van der Waals surface area contributed by atoms with Crippen LogP contribution >= 0.6 is 15.9 Å².